The monoisotopic (exact) mass is 234 g/mol. The Morgan fingerprint density at radius 1 is 1.06 bits per heavy atom. The van der Waals surface area contributed by atoms with E-state index in [1.165, 1.54) is 0 Å². The second-order valence-corrected chi connectivity index (χ2v) is 4.04. The van der Waals surface area contributed by atoms with Crippen LogP contribution in [0.4, 0.5) is 5.69 Å². The second-order valence-electron chi connectivity index (χ2n) is 4.04. The molecule has 0 saturated heterocycles. The fraction of sp³-hybridized carbons (Fsp3) is 0. The molecule has 0 saturated carbocycles. The summed E-state index contributed by atoms with van der Waals surface area (Å²) < 4.78 is 1.89. The second kappa shape index (κ2) is 3.90. The minimum absolute atomic E-state index is 0.645. The lowest BCUT2D eigenvalue weighted by Crippen LogP contribution is -1.88. The summed E-state index contributed by atoms with van der Waals surface area (Å²) in [7, 11) is 0. The Labute approximate surface area is 104 Å². The summed E-state index contributed by atoms with van der Waals surface area (Å²) in [6, 6.07) is 13.2. The normalized spacial score (nSPS) is 10.4. The van der Waals surface area contributed by atoms with E-state index in [0.717, 1.165) is 16.9 Å². The SMILES string of the molecule is N#Cc1ccc(-c2cn3cc(N)ccc3n2)cc1. The highest BCUT2D eigenvalue weighted by molar-refractivity contribution is 5.64. The van der Waals surface area contributed by atoms with Gasteiger partial charge in [-0.1, -0.05) is 12.1 Å². The lowest BCUT2D eigenvalue weighted by molar-refractivity contribution is 1.19. The van der Waals surface area contributed by atoms with E-state index in [0.29, 0.717) is 11.3 Å². The summed E-state index contributed by atoms with van der Waals surface area (Å²) in [6.07, 6.45) is 3.75. The highest BCUT2D eigenvalue weighted by Crippen LogP contribution is 2.20. The Hall–Kier alpha value is -2.80. The number of hydrogen-bond acceptors (Lipinski definition) is 3. The smallest absolute Gasteiger partial charge is 0.137 e. The minimum Gasteiger partial charge on any atom is -0.398 e. The molecule has 3 aromatic rings. The van der Waals surface area contributed by atoms with Crippen molar-refractivity contribution in [3.05, 3.63) is 54.4 Å². The molecule has 0 fully saturated rings. The first-order chi connectivity index (χ1) is 8.76. The van der Waals surface area contributed by atoms with Crippen molar-refractivity contribution in [2.24, 2.45) is 0 Å². The fourth-order valence-electron chi connectivity index (χ4n) is 1.86. The van der Waals surface area contributed by atoms with Crippen molar-refractivity contribution in [2.45, 2.75) is 0 Å². The molecule has 2 heterocycles. The molecule has 0 bridgehead atoms. The van der Waals surface area contributed by atoms with Crippen LogP contribution < -0.4 is 5.73 Å². The van der Waals surface area contributed by atoms with Crippen molar-refractivity contribution < 1.29 is 0 Å². The highest BCUT2D eigenvalue weighted by atomic mass is 15.0. The van der Waals surface area contributed by atoms with Crippen LogP contribution in [0.5, 0.6) is 0 Å². The van der Waals surface area contributed by atoms with E-state index < -0.39 is 0 Å². The molecule has 86 valence electrons. The van der Waals surface area contributed by atoms with Crippen LogP contribution in [0.25, 0.3) is 16.9 Å². The Morgan fingerprint density at radius 3 is 2.56 bits per heavy atom. The van der Waals surface area contributed by atoms with Gasteiger partial charge in [-0.15, -0.1) is 0 Å². The number of rotatable bonds is 1. The Bertz CT molecular complexity index is 748. The lowest BCUT2D eigenvalue weighted by Gasteiger charge is -1.95. The van der Waals surface area contributed by atoms with E-state index >= 15 is 0 Å². The number of nitrogens with zero attached hydrogens (tertiary/aromatic N) is 3. The van der Waals surface area contributed by atoms with Crippen molar-refractivity contribution >= 4 is 11.3 Å². The number of pyridine rings is 1. The summed E-state index contributed by atoms with van der Waals surface area (Å²) in [5.74, 6) is 0. The van der Waals surface area contributed by atoms with Crippen LogP contribution in [0.1, 0.15) is 5.56 Å². The van der Waals surface area contributed by atoms with Gasteiger partial charge in [0.05, 0.1) is 17.3 Å². The molecule has 4 nitrogen and oxygen atoms in total. The summed E-state index contributed by atoms with van der Waals surface area (Å²) in [6.45, 7) is 0. The topological polar surface area (TPSA) is 67.1 Å². The highest BCUT2D eigenvalue weighted by Gasteiger charge is 2.04. The maximum Gasteiger partial charge on any atom is 0.137 e. The predicted molar refractivity (Wildman–Crippen MR) is 69.8 cm³/mol. The lowest BCUT2D eigenvalue weighted by atomic mass is 10.1. The number of nitrogens with two attached hydrogens (primary N) is 1. The Kier molecular flexibility index (Phi) is 2.24. The van der Waals surface area contributed by atoms with Gasteiger partial charge < -0.3 is 10.1 Å². The quantitative estimate of drug-likeness (QED) is 0.703. The van der Waals surface area contributed by atoms with Gasteiger partial charge in [-0.25, -0.2) is 4.98 Å². The molecule has 0 amide bonds. The van der Waals surface area contributed by atoms with E-state index in [9.17, 15) is 0 Å². The van der Waals surface area contributed by atoms with Gasteiger partial charge >= 0.3 is 0 Å². The largest absolute Gasteiger partial charge is 0.398 e. The summed E-state index contributed by atoms with van der Waals surface area (Å²) in [5.41, 5.74) is 9.77. The number of fused-ring (bicyclic) bond motifs is 1. The molecule has 4 heteroatoms. The molecule has 0 aliphatic heterocycles. The van der Waals surface area contributed by atoms with Gasteiger partial charge in [-0.05, 0) is 24.3 Å². The van der Waals surface area contributed by atoms with Gasteiger partial charge in [0.2, 0.25) is 0 Å². The molecule has 3 rings (SSSR count). The molecular weight excluding hydrogens is 224 g/mol. The summed E-state index contributed by atoms with van der Waals surface area (Å²) in [4.78, 5) is 4.50. The molecule has 0 spiro atoms. The van der Waals surface area contributed by atoms with E-state index in [1.807, 2.05) is 41.1 Å². The van der Waals surface area contributed by atoms with E-state index in [-0.39, 0.29) is 0 Å². The molecule has 2 N–H and O–H groups in total. The molecule has 0 aliphatic rings. The summed E-state index contributed by atoms with van der Waals surface area (Å²) in [5, 5.41) is 8.76. The third kappa shape index (κ3) is 1.68. The Balaban J connectivity index is 2.10. The molecule has 0 aliphatic carbocycles. The average Bonchev–Trinajstić information content (AvgIpc) is 2.81. The van der Waals surface area contributed by atoms with Crippen LogP contribution in [-0.2, 0) is 0 Å². The standard InChI is InChI=1S/C14H10N4/c15-7-10-1-3-11(4-2-10)13-9-18-8-12(16)5-6-14(18)17-13/h1-6,8-9H,16H2. The van der Waals surface area contributed by atoms with Crippen LogP contribution in [0.3, 0.4) is 0 Å². The molecule has 2 aromatic heterocycles. The van der Waals surface area contributed by atoms with Crippen LogP contribution in [0.2, 0.25) is 0 Å². The molecule has 1 aromatic carbocycles. The first-order valence-corrected chi connectivity index (χ1v) is 5.51. The summed E-state index contributed by atoms with van der Waals surface area (Å²) >= 11 is 0. The zero-order valence-corrected chi connectivity index (χ0v) is 9.54. The van der Waals surface area contributed by atoms with E-state index in [2.05, 4.69) is 11.1 Å². The van der Waals surface area contributed by atoms with Gasteiger partial charge in [-0.2, -0.15) is 5.26 Å². The number of imidazole rings is 1. The number of hydrogen-bond donors (Lipinski definition) is 1. The van der Waals surface area contributed by atoms with Crippen molar-refractivity contribution in [3.8, 4) is 17.3 Å². The van der Waals surface area contributed by atoms with Crippen molar-refractivity contribution in [1.29, 1.82) is 5.26 Å². The third-order valence-electron chi connectivity index (χ3n) is 2.78. The first-order valence-electron chi connectivity index (χ1n) is 5.51. The fourth-order valence-corrected chi connectivity index (χ4v) is 1.86. The number of nitriles is 1. The molecule has 0 atom stereocenters. The number of benzene rings is 1. The van der Waals surface area contributed by atoms with Gasteiger partial charge in [0.25, 0.3) is 0 Å². The molecule has 0 unspecified atom stereocenters. The molecular formula is C14H10N4. The van der Waals surface area contributed by atoms with Crippen LogP contribution >= 0.6 is 0 Å². The van der Waals surface area contributed by atoms with E-state index in [1.54, 1.807) is 12.1 Å². The van der Waals surface area contributed by atoms with Gasteiger partial charge in [0.15, 0.2) is 0 Å². The Morgan fingerprint density at radius 2 is 1.83 bits per heavy atom. The zero-order chi connectivity index (χ0) is 12.5. The minimum atomic E-state index is 0.645. The van der Waals surface area contributed by atoms with Crippen molar-refractivity contribution in [3.63, 3.8) is 0 Å². The van der Waals surface area contributed by atoms with Gasteiger partial charge in [0, 0.05) is 23.6 Å². The number of anilines is 1. The van der Waals surface area contributed by atoms with Gasteiger partial charge in [0.1, 0.15) is 5.65 Å². The predicted octanol–water partition coefficient (Wildman–Crippen LogP) is 2.46. The maximum absolute atomic E-state index is 8.76. The van der Waals surface area contributed by atoms with Gasteiger partial charge in [-0.3, -0.25) is 0 Å². The van der Waals surface area contributed by atoms with Crippen molar-refractivity contribution in [1.82, 2.24) is 9.38 Å². The first kappa shape index (κ1) is 10.4. The van der Waals surface area contributed by atoms with E-state index in [4.69, 9.17) is 11.0 Å². The average molecular weight is 234 g/mol. The molecule has 0 radical (unpaired) electrons. The zero-order valence-electron chi connectivity index (χ0n) is 9.54. The van der Waals surface area contributed by atoms with Crippen LogP contribution in [0.15, 0.2) is 48.8 Å². The van der Waals surface area contributed by atoms with Crippen LogP contribution in [0, 0.1) is 11.3 Å². The van der Waals surface area contributed by atoms with Crippen molar-refractivity contribution in [2.75, 3.05) is 5.73 Å². The number of aromatic nitrogens is 2. The molecule has 18 heavy (non-hydrogen) atoms. The maximum atomic E-state index is 8.76. The number of nitrogen functional groups attached to an aromatic ring is 1. The third-order valence-corrected chi connectivity index (χ3v) is 2.78. The van der Waals surface area contributed by atoms with Crippen LogP contribution in [-0.4, -0.2) is 9.38 Å².